The first-order valence-corrected chi connectivity index (χ1v) is 7.23. The first-order valence-electron chi connectivity index (χ1n) is 6.85. The molecule has 0 saturated heterocycles. The lowest BCUT2D eigenvalue weighted by Crippen LogP contribution is -2.34. The summed E-state index contributed by atoms with van der Waals surface area (Å²) >= 11 is 5.74. The molecule has 100 valence electrons. The number of rotatable bonds is 4. The summed E-state index contributed by atoms with van der Waals surface area (Å²) < 4.78 is 0. The summed E-state index contributed by atoms with van der Waals surface area (Å²) in [7, 11) is 2.19. The molecule has 1 aliphatic carbocycles. The van der Waals surface area contributed by atoms with Gasteiger partial charge in [0.25, 0.3) is 0 Å². The van der Waals surface area contributed by atoms with Crippen LogP contribution in [0.1, 0.15) is 44.7 Å². The van der Waals surface area contributed by atoms with E-state index in [1.165, 1.54) is 32.1 Å². The van der Waals surface area contributed by atoms with Gasteiger partial charge in [0.05, 0.1) is 18.1 Å². The minimum absolute atomic E-state index is 0.463. The van der Waals surface area contributed by atoms with E-state index >= 15 is 0 Å². The van der Waals surface area contributed by atoms with Gasteiger partial charge in [0, 0.05) is 12.6 Å². The number of halogens is 1. The zero-order valence-electron chi connectivity index (χ0n) is 11.3. The smallest absolute Gasteiger partial charge is 0.147 e. The lowest BCUT2D eigenvalue weighted by atomic mass is 9.84. The van der Waals surface area contributed by atoms with Gasteiger partial charge in [-0.05, 0) is 38.6 Å². The number of nitrogens with zero attached hydrogens (tertiary/aromatic N) is 3. The number of aromatic nitrogens is 2. The van der Waals surface area contributed by atoms with Crippen LogP contribution in [0.3, 0.4) is 0 Å². The van der Waals surface area contributed by atoms with Crippen LogP contribution >= 0.6 is 11.6 Å². The summed E-state index contributed by atoms with van der Waals surface area (Å²) in [4.78, 5) is 10.8. The van der Waals surface area contributed by atoms with Gasteiger partial charge in [-0.25, -0.2) is 4.98 Å². The highest BCUT2D eigenvalue weighted by Gasteiger charge is 2.23. The average molecular weight is 268 g/mol. The Bertz CT molecular complexity index is 358. The second-order valence-electron chi connectivity index (χ2n) is 5.33. The molecule has 1 aromatic heterocycles. The fraction of sp³-hybridized carbons (Fsp3) is 0.714. The van der Waals surface area contributed by atoms with Crippen molar-refractivity contribution in [3.05, 3.63) is 23.2 Å². The lowest BCUT2D eigenvalue weighted by molar-refractivity contribution is 0.156. The Morgan fingerprint density at radius 3 is 2.50 bits per heavy atom. The number of hydrogen-bond donors (Lipinski definition) is 0. The van der Waals surface area contributed by atoms with Gasteiger partial charge in [-0.1, -0.05) is 24.9 Å². The molecule has 0 N–H and O–H groups in total. The van der Waals surface area contributed by atoms with Crippen molar-refractivity contribution in [3.63, 3.8) is 0 Å². The summed E-state index contributed by atoms with van der Waals surface area (Å²) in [6.07, 6.45) is 10.1. The van der Waals surface area contributed by atoms with Gasteiger partial charge in [-0.2, -0.15) is 0 Å². The third-order valence-corrected chi connectivity index (χ3v) is 4.30. The molecule has 1 saturated carbocycles. The molecule has 1 aromatic rings. The fourth-order valence-electron chi connectivity index (χ4n) is 2.80. The molecule has 3 nitrogen and oxygen atoms in total. The topological polar surface area (TPSA) is 29.0 Å². The third-order valence-electron chi connectivity index (χ3n) is 4.10. The van der Waals surface area contributed by atoms with Gasteiger partial charge in [0.15, 0.2) is 0 Å². The average Bonchev–Trinajstić information content (AvgIpc) is 2.41. The van der Waals surface area contributed by atoms with E-state index in [0.717, 1.165) is 18.2 Å². The molecular formula is C14H22ClN3. The minimum Gasteiger partial charge on any atom is -0.298 e. The first kappa shape index (κ1) is 13.8. The van der Waals surface area contributed by atoms with Crippen LogP contribution in [0.4, 0.5) is 0 Å². The SMILES string of the molecule is CCC1CCC(N(C)Cc2cnc(Cl)cn2)CC1. The maximum absolute atomic E-state index is 5.74. The Labute approximate surface area is 115 Å². The van der Waals surface area contributed by atoms with Crippen molar-refractivity contribution < 1.29 is 0 Å². The molecule has 0 atom stereocenters. The molecule has 0 bridgehead atoms. The molecule has 0 unspecified atom stereocenters. The van der Waals surface area contributed by atoms with Crippen molar-refractivity contribution in [3.8, 4) is 0 Å². The molecular weight excluding hydrogens is 246 g/mol. The molecule has 0 aliphatic heterocycles. The summed E-state index contributed by atoms with van der Waals surface area (Å²) in [5.74, 6) is 0.949. The van der Waals surface area contributed by atoms with Crippen LogP contribution in [-0.4, -0.2) is 28.0 Å². The van der Waals surface area contributed by atoms with Crippen LogP contribution in [-0.2, 0) is 6.54 Å². The van der Waals surface area contributed by atoms with E-state index in [0.29, 0.717) is 11.2 Å². The van der Waals surface area contributed by atoms with E-state index in [-0.39, 0.29) is 0 Å². The van der Waals surface area contributed by atoms with Crippen molar-refractivity contribution in [1.82, 2.24) is 14.9 Å². The van der Waals surface area contributed by atoms with E-state index in [1.54, 1.807) is 12.4 Å². The van der Waals surface area contributed by atoms with Gasteiger partial charge < -0.3 is 0 Å². The molecule has 1 fully saturated rings. The van der Waals surface area contributed by atoms with E-state index in [4.69, 9.17) is 11.6 Å². The van der Waals surface area contributed by atoms with Crippen molar-refractivity contribution in [2.24, 2.45) is 5.92 Å². The van der Waals surface area contributed by atoms with Crippen molar-refractivity contribution >= 4 is 11.6 Å². The maximum atomic E-state index is 5.74. The van der Waals surface area contributed by atoms with Gasteiger partial charge in [0.2, 0.25) is 0 Å². The first-order chi connectivity index (χ1) is 8.69. The highest BCUT2D eigenvalue weighted by atomic mass is 35.5. The van der Waals surface area contributed by atoms with Crippen molar-refractivity contribution in [2.45, 2.75) is 51.6 Å². The van der Waals surface area contributed by atoms with E-state index < -0.39 is 0 Å². The van der Waals surface area contributed by atoms with Crippen molar-refractivity contribution in [1.29, 1.82) is 0 Å². The summed E-state index contributed by atoms with van der Waals surface area (Å²) in [6.45, 7) is 3.17. The highest BCUT2D eigenvalue weighted by molar-refractivity contribution is 6.29. The summed E-state index contributed by atoms with van der Waals surface area (Å²) in [5.41, 5.74) is 1.000. The van der Waals surface area contributed by atoms with Crippen LogP contribution in [0.25, 0.3) is 0 Å². The van der Waals surface area contributed by atoms with E-state index in [1.807, 2.05) is 0 Å². The standard InChI is InChI=1S/C14H22ClN3/c1-3-11-4-6-13(7-5-11)18(2)10-12-8-17-14(15)9-16-12/h8-9,11,13H,3-7,10H2,1-2H3. The molecule has 0 radical (unpaired) electrons. The van der Waals surface area contributed by atoms with E-state index in [2.05, 4.69) is 28.8 Å². The van der Waals surface area contributed by atoms with Crippen LogP contribution in [0, 0.1) is 5.92 Å². The Morgan fingerprint density at radius 2 is 1.94 bits per heavy atom. The fourth-order valence-corrected chi connectivity index (χ4v) is 2.90. The Balaban J connectivity index is 1.85. The second-order valence-corrected chi connectivity index (χ2v) is 5.72. The van der Waals surface area contributed by atoms with Gasteiger partial charge >= 0.3 is 0 Å². The molecule has 0 amide bonds. The molecule has 2 rings (SSSR count). The van der Waals surface area contributed by atoms with Gasteiger partial charge in [0.1, 0.15) is 5.15 Å². The second kappa shape index (κ2) is 6.48. The maximum Gasteiger partial charge on any atom is 0.147 e. The monoisotopic (exact) mass is 267 g/mol. The predicted octanol–water partition coefficient (Wildman–Crippen LogP) is 3.53. The predicted molar refractivity (Wildman–Crippen MR) is 74.5 cm³/mol. The molecule has 1 heterocycles. The highest BCUT2D eigenvalue weighted by Crippen LogP contribution is 2.29. The molecule has 1 aliphatic rings. The Hall–Kier alpha value is -0.670. The molecule has 0 spiro atoms. The quantitative estimate of drug-likeness (QED) is 0.836. The third kappa shape index (κ3) is 3.66. The van der Waals surface area contributed by atoms with Crippen LogP contribution in [0.15, 0.2) is 12.4 Å². The molecule has 18 heavy (non-hydrogen) atoms. The van der Waals surface area contributed by atoms with Crippen molar-refractivity contribution in [2.75, 3.05) is 7.05 Å². The van der Waals surface area contributed by atoms with E-state index in [9.17, 15) is 0 Å². The molecule has 0 aromatic carbocycles. The normalized spacial score (nSPS) is 24.4. The minimum atomic E-state index is 0.463. The van der Waals surface area contributed by atoms with Gasteiger partial charge in [-0.3, -0.25) is 9.88 Å². The zero-order valence-corrected chi connectivity index (χ0v) is 12.0. The number of hydrogen-bond acceptors (Lipinski definition) is 3. The Morgan fingerprint density at radius 1 is 1.22 bits per heavy atom. The van der Waals surface area contributed by atoms with Crippen LogP contribution in [0.5, 0.6) is 0 Å². The van der Waals surface area contributed by atoms with Crippen LogP contribution < -0.4 is 0 Å². The largest absolute Gasteiger partial charge is 0.298 e. The zero-order chi connectivity index (χ0) is 13.0. The summed E-state index contributed by atoms with van der Waals surface area (Å²) in [5, 5.41) is 0.463. The van der Waals surface area contributed by atoms with Crippen LogP contribution in [0.2, 0.25) is 5.15 Å². The van der Waals surface area contributed by atoms with Gasteiger partial charge in [-0.15, -0.1) is 0 Å². The molecule has 4 heteroatoms. The summed E-state index contributed by atoms with van der Waals surface area (Å²) in [6, 6.07) is 0.699. The lowest BCUT2D eigenvalue weighted by Gasteiger charge is -2.34. The Kier molecular flexibility index (Phi) is 4.95.